The highest BCUT2D eigenvalue weighted by Gasteiger charge is 2.11. The normalized spacial score (nSPS) is 9.62. The van der Waals surface area contributed by atoms with E-state index in [0.717, 1.165) is 0 Å². The van der Waals surface area contributed by atoms with E-state index >= 15 is 0 Å². The Morgan fingerprint density at radius 3 is 2.75 bits per heavy atom. The van der Waals surface area contributed by atoms with Crippen molar-refractivity contribution < 1.29 is 9.59 Å². The first-order valence-electron chi connectivity index (χ1n) is 4.59. The Balaban J connectivity index is 2.74. The van der Waals surface area contributed by atoms with Crippen LogP contribution in [0.2, 0.25) is 5.02 Å². The van der Waals surface area contributed by atoms with Crippen LogP contribution in [-0.2, 0) is 4.79 Å². The molecule has 0 aromatic heterocycles. The molecule has 6 heteroatoms. The molecule has 86 valence electrons. The second kappa shape index (κ2) is 5.37. The van der Waals surface area contributed by atoms with Gasteiger partial charge in [-0.25, -0.2) is 0 Å². The predicted octanol–water partition coefficient (Wildman–Crippen LogP) is 0.398. The average molecular weight is 242 g/mol. The van der Waals surface area contributed by atoms with Gasteiger partial charge in [0, 0.05) is 7.05 Å². The molecule has 1 aromatic carbocycles. The quantitative estimate of drug-likeness (QED) is 0.670. The number of nitrogens with one attached hydrogen (secondary N) is 2. The number of hydrogen-bond acceptors (Lipinski definition) is 3. The number of nitrogen functional groups attached to an aromatic ring is 1. The Kier molecular flexibility index (Phi) is 4.13. The van der Waals surface area contributed by atoms with Crippen LogP contribution in [0.1, 0.15) is 10.4 Å². The fourth-order valence-electron chi connectivity index (χ4n) is 1.08. The van der Waals surface area contributed by atoms with Crippen LogP contribution in [0.25, 0.3) is 0 Å². The first kappa shape index (κ1) is 12.3. The lowest BCUT2D eigenvalue weighted by atomic mass is 10.1. The molecule has 2 amide bonds. The van der Waals surface area contributed by atoms with Crippen LogP contribution in [0.3, 0.4) is 0 Å². The maximum absolute atomic E-state index is 11.6. The Morgan fingerprint density at radius 1 is 1.44 bits per heavy atom. The number of halogens is 1. The summed E-state index contributed by atoms with van der Waals surface area (Å²) in [6.07, 6.45) is 0. The molecule has 0 fully saturated rings. The maximum atomic E-state index is 11.6. The maximum Gasteiger partial charge on any atom is 0.253 e. The first-order chi connectivity index (χ1) is 7.56. The zero-order valence-electron chi connectivity index (χ0n) is 8.71. The number of carbonyl (C=O) groups excluding carboxylic acids is 2. The van der Waals surface area contributed by atoms with Gasteiger partial charge in [0.1, 0.15) is 0 Å². The molecule has 0 aliphatic heterocycles. The number of anilines is 1. The minimum atomic E-state index is -0.427. The van der Waals surface area contributed by atoms with Gasteiger partial charge < -0.3 is 16.4 Å². The van der Waals surface area contributed by atoms with E-state index < -0.39 is 5.91 Å². The number of hydrogen-bond donors (Lipinski definition) is 3. The van der Waals surface area contributed by atoms with Gasteiger partial charge in [-0.1, -0.05) is 17.7 Å². The molecule has 0 atom stereocenters. The highest BCUT2D eigenvalue weighted by molar-refractivity contribution is 6.33. The summed E-state index contributed by atoms with van der Waals surface area (Å²) >= 11 is 5.76. The van der Waals surface area contributed by atoms with Crippen LogP contribution in [0.5, 0.6) is 0 Å². The van der Waals surface area contributed by atoms with Crippen LogP contribution in [0.4, 0.5) is 5.69 Å². The molecule has 0 heterocycles. The van der Waals surface area contributed by atoms with Gasteiger partial charge in [0.15, 0.2) is 0 Å². The Hall–Kier alpha value is -1.75. The predicted molar refractivity (Wildman–Crippen MR) is 62.3 cm³/mol. The van der Waals surface area contributed by atoms with Crippen molar-refractivity contribution in [3.63, 3.8) is 0 Å². The molecule has 0 radical (unpaired) electrons. The standard InChI is InChI=1S/C10H12ClN3O2/c1-13-8(15)5-14-10(16)6-3-2-4-7(11)9(6)12/h2-4H,5,12H2,1H3,(H,13,15)(H,14,16). The summed E-state index contributed by atoms with van der Waals surface area (Å²) < 4.78 is 0. The SMILES string of the molecule is CNC(=O)CNC(=O)c1cccc(Cl)c1N. The smallest absolute Gasteiger partial charge is 0.253 e. The van der Waals surface area contributed by atoms with Crippen molar-refractivity contribution in [1.29, 1.82) is 0 Å². The molecular formula is C10H12ClN3O2. The lowest BCUT2D eigenvalue weighted by Crippen LogP contribution is -2.35. The molecule has 0 aliphatic carbocycles. The molecule has 16 heavy (non-hydrogen) atoms. The molecule has 1 aromatic rings. The third-order valence-corrected chi connectivity index (χ3v) is 2.32. The number of para-hydroxylation sites is 1. The Bertz CT molecular complexity index is 421. The minimum absolute atomic E-state index is 0.0959. The van der Waals surface area contributed by atoms with E-state index in [-0.39, 0.29) is 23.7 Å². The summed E-state index contributed by atoms with van der Waals surface area (Å²) in [5.74, 6) is -0.711. The average Bonchev–Trinajstić information content (AvgIpc) is 2.29. The third-order valence-electron chi connectivity index (χ3n) is 1.99. The van der Waals surface area contributed by atoms with Crippen molar-refractivity contribution in [2.75, 3.05) is 19.3 Å². The van der Waals surface area contributed by atoms with E-state index in [1.807, 2.05) is 0 Å². The van der Waals surface area contributed by atoms with Crippen molar-refractivity contribution in [1.82, 2.24) is 10.6 Å². The number of amides is 2. The van der Waals surface area contributed by atoms with Crippen LogP contribution in [-0.4, -0.2) is 25.4 Å². The molecule has 0 saturated carbocycles. The van der Waals surface area contributed by atoms with Crippen molar-refractivity contribution in [3.05, 3.63) is 28.8 Å². The van der Waals surface area contributed by atoms with Crippen LogP contribution in [0, 0.1) is 0 Å². The van der Waals surface area contributed by atoms with Gasteiger partial charge in [-0.3, -0.25) is 9.59 Å². The van der Waals surface area contributed by atoms with E-state index in [1.165, 1.54) is 7.05 Å². The zero-order chi connectivity index (χ0) is 12.1. The summed E-state index contributed by atoms with van der Waals surface area (Å²) in [6.45, 7) is -0.0959. The summed E-state index contributed by atoms with van der Waals surface area (Å²) in [5.41, 5.74) is 6.10. The van der Waals surface area contributed by atoms with Crippen molar-refractivity contribution >= 4 is 29.1 Å². The molecule has 0 unspecified atom stereocenters. The highest BCUT2D eigenvalue weighted by Crippen LogP contribution is 2.21. The molecule has 0 spiro atoms. The zero-order valence-corrected chi connectivity index (χ0v) is 9.47. The van der Waals surface area contributed by atoms with Gasteiger partial charge in [0.05, 0.1) is 22.8 Å². The Morgan fingerprint density at radius 2 is 2.12 bits per heavy atom. The summed E-state index contributed by atoms with van der Waals surface area (Å²) in [7, 11) is 1.49. The van der Waals surface area contributed by atoms with Crippen molar-refractivity contribution in [2.24, 2.45) is 0 Å². The van der Waals surface area contributed by atoms with E-state index in [0.29, 0.717) is 5.02 Å². The number of rotatable bonds is 3. The lowest BCUT2D eigenvalue weighted by Gasteiger charge is -2.07. The summed E-state index contributed by atoms with van der Waals surface area (Å²) in [6, 6.07) is 4.75. The monoisotopic (exact) mass is 241 g/mol. The molecule has 4 N–H and O–H groups in total. The first-order valence-corrected chi connectivity index (χ1v) is 4.96. The van der Waals surface area contributed by atoms with E-state index in [1.54, 1.807) is 18.2 Å². The van der Waals surface area contributed by atoms with E-state index in [4.69, 9.17) is 17.3 Å². The van der Waals surface area contributed by atoms with Gasteiger partial charge in [-0.2, -0.15) is 0 Å². The number of nitrogens with two attached hydrogens (primary N) is 1. The van der Waals surface area contributed by atoms with Crippen molar-refractivity contribution in [2.45, 2.75) is 0 Å². The number of carbonyl (C=O) groups is 2. The Labute approximate surface area is 98.0 Å². The highest BCUT2D eigenvalue weighted by atomic mass is 35.5. The fraction of sp³-hybridized carbons (Fsp3) is 0.200. The second-order valence-corrected chi connectivity index (χ2v) is 3.46. The largest absolute Gasteiger partial charge is 0.397 e. The molecule has 0 saturated heterocycles. The van der Waals surface area contributed by atoms with Gasteiger partial charge in [0.25, 0.3) is 5.91 Å². The lowest BCUT2D eigenvalue weighted by molar-refractivity contribution is -0.119. The second-order valence-electron chi connectivity index (χ2n) is 3.06. The van der Waals surface area contributed by atoms with Crippen LogP contribution in [0.15, 0.2) is 18.2 Å². The van der Waals surface area contributed by atoms with E-state index in [2.05, 4.69) is 10.6 Å². The van der Waals surface area contributed by atoms with Crippen molar-refractivity contribution in [3.8, 4) is 0 Å². The third kappa shape index (κ3) is 2.87. The summed E-state index contributed by atoms with van der Waals surface area (Å²) in [5, 5.41) is 5.13. The number of likely N-dealkylation sites (N-methyl/N-ethyl adjacent to an activating group) is 1. The molecule has 0 bridgehead atoms. The van der Waals surface area contributed by atoms with Gasteiger partial charge in [-0.05, 0) is 12.1 Å². The minimum Gasteiger partial charge on any atom is -0.397 e. The van der Waals surface area contributed by atoms with Gasteiger partial charge >= 0.3 is 0 Å². The van der Waals surface area contributed by atoms with Crippen LogP contribution < -0.4 is 16.4 Å². The summed E-state index contributed by atoms with van der Waals surface area (Å²) in [4.78, 5) is 22.5. The van der Waals surface area contributed by atoms with Gasteiger partial charge in [0.2, 0.25) is 5.91 Å². The molecule has 0 aliphatic rings. The fourth-order valence-corrected chi connectivity index (χ4v) is 1.25. The van der Waals surface area contributed by atoms with Gasteiger partial charge in [-0.15, -0.1) is 0 Å². The molecule has 1 rings (SSSR count). The van der Waals surface area contributed by atoms with Crippen LogP contribution >= 0.6 is 11.6 Å². The topological polar surface area (TPSA) is 84.2 Å². The molecular weight excluding hydrogens is 230 g/mol. The molecule has 5 nitrogen and oxygen atoms in total. The number of benzene rings is 1. The van der Waals surface area contributed by atoms with E-state index in [9.17, 15) is 9.59 Å².